The highest BCUT2D eigenvalue weighted by molar-refractivity contribution is 5.75. The van der Waals surface area contributed by atoms with Gasteiger partial charge in [0.15, 0.2) is 0 Å². The van der Waals surface area contributed by atoms with Gasteiger partial charge in [0.2, 0.25) is 0 Å². The summed E-state index contributed by atoms with van der Waals surface area (Å²) in [7, 11) is 0. The third-order valence-electron chi connectivity index (χ3n) is 2.94. The molecule has 1 aliphatic rings. The molecule has 0 bridgehead atoms. The summed E-state index contributed by atoms with van der Waals surface area (Å²) in [5, 5.41) is 0. The maximum absolute atomic E-state index is 10.7. The van der Waals surface area contributed by atoms with Gasteiger partial charge in [0, 0.05) is 5.56 Å². The predicted octanol–water partition coefficient (Wildman–Crippen LogP) is 3.56. The number of hydrogen-bond acceptors (Lipinski definition) is 2. The summed E-state index contributed by atoms with van der Waals surface area (Å²) in [6.07, 6.45) is 5.59. The van der Waals surface area contributed by atoms with Crippen molar-refractivity contribution in [1.29, 1.82) is 0 Å². The van der Waals surface area contributed by atoms with Crippen LogP contribution in [0, 0.1) is 0 Å². The van der Waals surface area contributed by atoms with Crippen LogP contribution in [0.5, 0.6) is 5.75 Å². The minimum absolute atomic E-state index is 0.622. The van der Waals surface area contributed by atoms with Crippen molar-refractivity contribution >= 4 is 6.29 Å². The van der Waals surface area contributed by atoms with Crippen LogP contribution in [0.4, 0.5) is 0 Å². The Morgan fingerprint density at radius 2 is 2.25 bits per heavy atom. The lowest BCUT2D eigenvalue weighted by molar-refractivity contribution is 0.112. The topological polar surface area (TPSA) is 26.3 Å². The Hall–Kier alpha value is -1.31. The van der Waals surface area contributed by atoms with E-state index in [1.165, 1.54) is 18.4 Å². The van der Waals surface area contributed by atoms with Crippen molar-refractivity contribution in [3.63, 3.8) is 0 Å². The lowest BCUT2D eigenvalue weighted by atomic mass is 10.1. The molecule has 1 aromatic rings. The second kappa shape index (κ2) is 5.15. The molecule has 1 aromatic carbocycles. The molecule has 0 aliphatic heterocycles. The molecule has 0 amide bonds. The van der Waals surface area contributed by atoms with Crippen LogP contribution in [0.2, 0.25) is 0 Å². The Morgan fingerprint density at radius 1 is 1.44 bits per heavy atom. The highest BCUT2D eigenvalue weighted by Gasteiger charge is 2.27. The summed E-state index contributed by atoms with van der Waals surface area (Å²) < 4.78 is 5.76. The molecule has 0 aromatic heterocycles. The first-order valence-electron chi connectivity index (χ1n) is 6.07. The summed E-state index contributed by atoms with van der Waals surface area (Å²) in [5.74, 6) is 1.60. The van der Waals surface area contributed by atoms with Crippen molar-refractivity contribution in [2.45, 2.75) is 38.5 Å². The van der Waals surface area contributed by atoms with Crippen LogP contribution in [0.3, 0.4) is 0 Å². The Bertz CT molecular complexity index is 367. The first-order valence-corrected chi connectivity index (χ1v) is 6.07. The number of carbonyl (C=O) groups excluding carboxylic acids is 1. The van der Waals surface area contributed by atoms with Crippen molar-refractivity contribution in [3.05, 3.63) is 29.3 Å². The van der Waals surface area contributed by atoms with Crippen LogP contribution in [-0.4, -0.2) is 12.9 Å². The quantitative estimate of drug-likeness (QED) is 0.539. The van der Waals surface area contributed by atoms with E-state index in [1.54, 1.807) is 0 Å². The summed E-state index contributed by atoms with van der Waals surface area (Å²) in [4.78, 5) is 10.7. The molecule has 0 spiro atoms. The smallest absolute Gasteiger partial charge is 0.150 e. The summed E-state index contributed by atoms with van der Waals surface area (Å²) in [6.45, 7) is 2.93. The molecular formula is C14H18O2. The van der Waals surface area contributed by atoms with Crippen LogP contribution in [-0.2, 0) is 0 Å². The van der Waals surface area contributed by atoms with E-state index >= 15 is 0 Å². The van der Waals surface area contributed by atoms with Gasteiger partial charge in [-0.25, -0.2) is 0 Å². The van der Waals surface area contributed by atoms with Gasteiger partial charge < -0.3 is 4.74 Å². The number of unbranched alkanes of at least 4 members (excludes halogenated alkanes) is 1. The van der Waals surface area contributed by atoms with Crippen LogP contribution in [0.15, 0.2) is 18.2 Å². The molecule has 0 heterocycles. The fourth-order valence-corrected chi connectivity index (χ4v) is 1.81. The largest absolute Gasteiger partial charge is 0.493 e. The first kappa shape index (κ1) is 11.2. The van der Waals surface area contributed by atoms with Crippen molar-refractivity contribution in [2.24, 2.45) is 0 Å². The number of aldehydes is 1. The molecule has 1 fully saturated rings. The third kappa shape index (κ3) is 2.63. The van der Waals surface area contributed by atoms with Gasteiger partial charge in [0.05, 0.1) is 6.61 Å². The van der Waals surface area contributed by atoms with Crippen molar-refractivity contribution in [2.75, 3.05) is 6.61 Å². The van der Waals surface area contributed by atoms with E-state index in [-0.39, 0.29) is 0 Å². The SMILES string of the molecule is CCCCOc1ccc(C=O)cc1C1CC1. The summed E-state index contributed by atoms with van der Waals surface area (Å²) in [6, 6.07) is 5.75. The maximum Gasteiger partial charge on any atom is 0.150 e. The fraction of sp³-hybridized carbons (Fsp3) is 0.500. The lowest BCUT2D eigenvalue weighted by Crippen LogP contribution is -2.00. The number of carbonyl (C=O) groups is 1. The standard InChI is InChI=1S/C14H18O2/c1-2-3-8-16-14-7-4-11(10-15)9-13(14)12-5-6-12/h4,7,9-10,12H,2-3,5-6,8H2,1H3. The average Bonchev–Trinajstić information content (AvgIpc) is 3.14. The molecule has 0 N–H and O–H groups in total. The molecule has 2 heteroatoms. The van der Waals surface area contributed by atoms with E-state index in [2.05, 4.69) is 6.92 Å². The Kier molecular flexibility index (Phi) is 3.60. The molecule has 0 unspecified atom stereocenters. The summed E-state index contributed by atoms with van der Waals surface area (Å²) >= 11 is 0. The molecule has 2 nitrogen and oxygen atoms in total. The van der Waals surface area contributed by atoms with Gasteiger partial charge in [-0.05, 0) is 48.9 Å². The molecule has 1 saturated carbocycles. The third-order valence-corrected chi connectivity index (χ3v) is 2.94. The van der Waals surface area contributed by atoms with Crippen molar-refractivity contribution in [3.8, 4) is 5.75 Å². The molecule has 0 radical (unpaired) electrons. The van der Waals surface area contributed by atoms with E-state index in [0.29, 0.717) is 5.92 Å². The minimum atomic E-state index is 0.622. The fourth-order valence-electron chi connectivity index (χ4n) is 1.81. The van der Waals surface area contributed by atoms with Crippen LogP contribution >= 0.6 is 0 Å². The zero-order chi connectivity index (χ0) is 11.4. The molecule has 16 heavy (non-hydrogen) atoms. The molecule has 2 rings (SSSR count). The van der Waals surface area contributed by atoms with Crippen LogP contribution < -0.4 is 4.74 Å². The lowest BCUT2D eigenvalue weighted by Gasteiger charge is -2.11. The summed E-state index contributed by atoms with van der Waals surface area (Å²) in [5.41, 5.74) is 1.98. The van der Waals surface area contributed by atoms with Crippen LogP contribution in [0.25, 0.3) is 0 Å². The Labute approximate surface area is 96.6 Å². The molecular weight excluding hydrogens is 200 g/mol. The zero-order valence-electron chi connectivity index (χ0n) is 9.74. The first-order chi connectivity index (χ1) is 7.85. The van der Waals surface area contributed by atoms with E-state index in [1.807, 2.05) is 18.2 Å². The average molecular weight is 218 g/mol. The number of hydrogen-bond donors (Lipinski definition) is 0. The normalized spacial score (nSPS) is 14.8. The monoisotopic (exact) mass is 218 g/mol. The predicted molar refractivity (Wildman–Crippen MR) is 64.2 cm³/mol. The number of benzene rings is 1. The highest BCUT2D eigenvalue weighted by atomic mass is 16.5. The van der Waals surface area contributed by atoms with Crippen molar-refractivity contribution in [1.82, 2.24) is 0 Å². The minimum Gasteiger partial charge on any atom is -0.493 e. The molecule has 86 valence electrons. The number of rotatable bonds is 6. The van der Waals surface area contributed by atoms with Gasteiger partial charge in [0.25, 0.3) is 0 Å². The molecule has 0 saturated heterocycles. The maximum atomic E-state index is 10.7. The second-order valence-corrected chi connectivity index (χ2v) is 4.39. The Morgan fingerprint density at radius 3 is 2.88 bits per heavy atom. The van der Waals surface area contributed by atoms with Crippen molar-refractivity contribution < 1.29 is 9.53 Å². The van der Waals surface area contributed by atoms with E-state index in [4.69, 9.17) is 4.74 Å². The number of ether oxygens (including phenoxy) is 1. The van der Waals surface area contributed by atoms with Gasteiger partial charge in [-0.3, -0.25) is 4.79 Å². The molecule has 0 atom stereocenters. The van der Waals surface area contributed by atoms with Gasteiger partial charge >= 0.3 is 0 Å². The second-order valence-electron chi connectivity index (χ2n) is 4.39. The Balaban J connectivity index is 2.12. The van der Waals surface area contributed by atoms with Gasteiger partial charge in [-0.1, -0.05) is 13.3 Å². The zero-order valence-corrected chi connectivity index (χ0v) is 9.74. The van der Waals surface area contributed by atoms with Gasteiger partial charge in [0.1, 0.15) is 12.0 Å². The van der Waals surface area contributed by atoms with E-state index in [9.17, 15) is 4.79 Å². The van der Waals surface area contributed by atoms with Gasteiger partial charge in [-0.15, -0.1) is 0 Å². The highest BCUT2D eigenvalue weighted by Crippen LogP contribution is 2.44. The van der Waals surface area contributed by atoms with E-state index < -0.39 is 0 Å². The van der Waals surface area contributed by atoms with Gasteiger partial charge in [-0.2, -0.15) is 0 Å². The molecule has 1 aliphatic carbocycles. The van der Waals surface area contributed by atoms with Crippen LogP contribution in [0.1, 0.15) is 54.4 Å². The van der Waals surface area contributed by atoms with E-state index in [0.717, 1.165) is 37.0 Å².